The van der Waals surface area contributed by atoms with Gasteiger partial charge in [0.15, 0.2) is 0 Å². The lowest BCUT2D eigenvalue weighted by Gasteiger charge is -2.34. The smallest absolute Gasteiger partial charge is 0.0495 e. The van der Waals surface area contributed by atoms with Crippen LogP contribution in [-0.4, -0.2) is 50.8 Å². The molecule has 0 bridgehead atoms. The Balaban J connectivity index is 1.43. The molecule has 0 radical (unpaired) electrons. The van der Waals surface area contributed by atoms with Crippen molar-refractivity contribution in [1.29, 1.82) is 0 Å². The van der Waals surface area contributed by atoms with Gasteiger partial charge in [-0.3, -0.25) is 0 Å². The molecule has 3 saturated heterocycles. The molecule has 1 atom stereocenters. The second-order valence-corrected chi connectivity index (χ2v) is 6.29. The molecule has 0 amide bonds. The summed E-state index contributed by atoms with van der Waals surface area (Å²) in [4.78, 5) is 2.71. The van der Waals surface area contributed by atoms with Gasteiger partial charge in [0.2, 0.25) is 0 Å². The summed E-state index contributed by atoms with van der Waals surface area (Å²) in [6, 6.07) is 0. The third kappa shape index (κ3) is 2.83. The van der Waals surface area contributed by atoms with Gasteiger partial charge in [0.1, 0.15) is 0 Å². The molecule has 0 aromatic rings. The molecule has 0 saturated carbocycles. The van der Waals surface area contributed by atoms with Gasteiger partial charge in [-0.1, -0.05) is 0 Å². The number of piperidine rings is 1. The topological polar surface area (TPSA) is 24.5 Å². The van der Waals surface area contributed by atoms with Crippen LogP contribution >= 0.6 is 0 Å². The number of ether oxygens (including phenoxy) is 1. The average molecular weight is 238 g/mol. The van der Waals surface area contributed by atoms with Crippen molar-refractivity contribution >= 4 is 0 Å². The van der Waals surface area contributed by atoms with Crippen LogP contribution in [0.5, 0.6) is 0 Å². The molecule has 3 heterocycles. The maximum absolute atomic E-state index is 5.46. The molecule has 1 spiro atoms. The monoisotopic (exact) mass is 238 g/mol. The first-order valence-electron chi connectivity index (χ1n) is 7.37. The summed E-state index contributed by atoms with van der Waals surface area (Å²) in [6.45, 7) is 8.51. The Bertz CT molecular complexity index is 245. The van der Waals surface area contributed by atoms with Gasteiger partial charge in [-0.05, 0) is 69.6 Å². The Morgan fingerprint density at radius 2 is 2.12 bits per heavy atom. The summed E-state index contributed by atoms with van der Waals surface area (Å²) in [5.41, 5.74) is 0.678. The highest BCUT2D eigenvalue weighted by molar-refractivity contribution is 4.93. The van der Waals surface area contributed by atoms with Crippen molar-refractivity contribution in [1.82, 2.24) is 10.2 Å². The van der Waals surface area contributed by atoms with Crippen LogP contribution in [0.15, 0.2) is 0 Å². The van der Waals surface area contributed by atoms with Crippen LogP contribution in [0.1, 0.15) is 32.1 Å². The summed E-state index contributed by atoms with van der Waals surface area (Å²) in [6.07, 6.45) is 6.89. The first-order chi connectivity index (χ1) is 8.36. The molecule has 0 aromatic heterocycles. The molecule has 3 heteroatoms. The molecule has 3 fully saturated rings. The largest absolute Gasteiger partial charge is 0.381 e. The summed E-state index contributed by atoms with van der Waals surface area (Å²) in [5.74, 6) is 0.847. The van der Waals surface area contributed by atoms with Gasteiger partial charge in [-0.15, -0.1) is 0 Å². The van der Waals surface area contributed by atoms with E-state index in [-0.39, 0.29) is 0 Å². The maximum atomic E-state index is 5.46. The van der Waals surface area contributed by atoms with Crippen molar-refractivity contribution in [2.45, 2.75) is 32.1 Å². The van der Waals surface area contributed by atoms with Crippen LogP contribution in [-0.2, 0) is 4.74 Å². The highest BCUT2D eigenvalue weighted by Gasteiger charge is 2.38. The fourth-order valence-electron chi connectivity index (χ4n) is 3.76. The van der Waals surface area contributed by atoms with Crippen molar-refractivity contribution in [2.75, 3.05) is 45.9 Å². The van der Waals surface area contributed by atoms with Gasteiger partial charge in [0.25, 0.3) is 0 Å². The van der Waals surface area contributed by atoms with Crippen molar-refractivity contribution in [2.24, 2.45) is 11.3 Å². The molecule has 0 aliphatic carbocycles. The molecule has 0 aromatic carbocycles. The Labute approximate surface area is 105 Å². The van der Waals surface area contributed by atoms with Crippen LogP contribution in [0.25, 0.3) is 0 Å². The number of hydrogen-bond acceptors (Lipinski definition) is 3. The summed E-state index contributed by atoms with van der Waals surface area (Å²) < 4.78 is 5.46. The number of likely N-dealkylation sites (tertiary alicyclic amines) is 1. The first kappa shape index (κ1) is 11.9. The molecule has 98 valence electrons. The van der Waals surface area contributed by atoms with Gasteiger partial charge in [-0.25, -0.2) is 0 Å². The Morgan fingerprint density at radius 1 is 1.24 bits per heavy atom. The molecule has 1 unspecified atom stereocenters. The van der Waals surface area contributed by atoms with Gasteiger partial charge in [0.05, 0.1) is 0 Å². The highest BCUT2D eigenvalue weighted by atomic mass is 16.5. The number of rotatable bonds is 3. The zero-order valence-corrected chi connectivity index (χ0v) is 10.9. The van der Waals surface area contributed by atoms with Crippen LogP contribution in [0.2, 0.25) is 0 Å². The zero-order valence-electron chi connectivity index (χ0n) is 10.9. The third-order valence-electron chi connectivity index (χ3n) is 5.06. The maximum Gasteiger partial charge on any atom is 0.0495 e. The fraction of sp³-hybridized carbons (Fsp3) is 1.00. The average Bonchev–Trinajstić information content (AvgIpc) is 2.98. The van der Waals surface area contributed by atoms with E-state index in [0.717, 1.165) is 19.1 Å². The lowest BCUT2D eigenvalue weighted by Crippen LogP contribution is -2.38. The SMILES string of the molecule is C1CC2(CCN1)CCN(CCC1CCOC1)C2. The Hall–Kier alpha value is -0.120. The molecule has 3 rings (SSSR count). The predicted octanol–water partition coefficient (Wildman–Crippen LogP) is 1.49. The summed E-state index contributed by atoms with van der Waals surface area (Å²) in [7, 11) is 0. The summed E-state index contributed by atoms with van der Waals surface area (Å²) in [5, 5.41) is 3.49. The van der Waals surface area contributed by atoms with E-state index in [4.69, 9.17) is 4.74 Å². The lowest BCUT2D eigenvalue weighted by molar-refractivity contribution is 0.173. The predicted molar refractivity (Wildman–Crippen MR) is 69.1 cm³/mol. The molecule has 3 nitrogen and oxygen atoms in total. The molecule has 3 aliphatic rings. The molecule has 17 heavy (non-hydrogen) atoms. The standard InChI is InChI=1S/C14H26N2O/c1(13-2-10-17-11-13)8-16-9-5-14(12-16)3-6-15-7-4-14/h13,15H,1-12H2. The van der Waals surface area contributed by atoms with Crippen molar-refractivity contribution in [3.05, 3.63) is 0 Å². The van der Waals surface area contributed by atoms with Gasteiger partial charge >= 0.3 is 0 Å². The van der Waals surface area contributed by atoms with Crippen molar-refractivity contribution in [3.8, 4) is 0 Å². The van der Waals surface area contributed by atoms with Gasteiger partial charge in [-0.2, -0.15) is 0 Å². The Morgan fingerprint density at radius 3 is 2.88 bits per heavy atom. The minimum atomic E-state index is 0.678. The normalized spacial score (nSPS) is 33.5. The minimum Gasteiger partial charge on any atom is -0.381 e. The van der Waals surface area contributed by atoms with Gasteiger partial charge < -0.3 is 15.0 Å². The van der Waals surface area contributed by atoms with Crippen LogP contribution in [0.3, 0.4) is 0 Å². The van der Waals surface area contributed by atoms with Crippen molar-refractivity contribution in [3.63, 3.8) is 0 Å². The number of nitrogens with one attached hydrogen (secondary N) is 1. The molecular weight excluding hydrogens is 212 g/mol. The highest BCUT2D eigenvalue weighted by Crippen LogP contribution is 2.38. The second kappa shape index (κ2) is 5.25. The van der Waals surface area contributed by atoms with E-state index in [2.05, 4.69) is 10.2 Å². The number of nitrogens with zero attached hydrogens (tertiary/aromatic N) is 1. The molecule has 1 N–H and O–H groups in total. The zero-order chi connectivity index (χ0) is 11.6. The fourth-order valence-corrected chi connectivity index (χ4v) is 3.76. The molecule has 3 aliphatic heterocycles. The molecular formula is C14H26N2O. The van der Waals surface area contributed by atoms with E-state index >= 15 is 0 Å². The van der Waals surface area contributed by atoms with Crippen molar-refractivity contribution < 1.29 is 4.74 Å². The van der Waals surface area contributed by atoms with Gasteiger partial charge in [0, 0.05) is 19.8 Å². The van der Waals surface area contributed by atoms with E-state index in [0.29, 0.717) is 5.41 Å². The van der Waals surface area contributed by atoms with E-state index < -0.39 is 0 Å². The minimum absolute atomic E-state index is 0.678. The summed E-state index contributed by atoms with van der Waals surface area (Å²) >= 11 is 0. The number of hydrogen-bond donors (Lipinski definition) is 1. The lowest BCUT2D eigenvalue weighted by atomic mass is 9.78. The Kier molecular flexibility index (Phi) is 3.69. The third-order valence-corrected chi connectivity index (χ3v) is 5.06. The van der Waals surface area contributed by atoms with E-state index in [1.807, 2.05) is 0 Å². The van der Waals surface area contributed by atoms with E-state index in [1.165, 1.54) is 64.8 Å². The first-order valence-corrected chi connectivity index (χ1v) is 7.37. The second-order valence-electron chi connectivity index (χ2n) is 6.29. The van der Waals surface area contributed by atoms with Crippen LogP contribution in [0.4, 0.5) is 0 Å². The van der Waals surface area contributed by atoms with Crippen LogP contribution < -0.4 is 5.32 Å². The quantitative estimate of drug-likeness (QED) is 0.806. The van der Waals surface area contributed by atoms with E-state index in [9.17, 15) is 0 Å². The van der Waals surface area contributed by atoms with Crippen LogP contribution in [0, 0.1) is 11.3 Å². The van der Waals surface area contributed by atoms with E-state index in [1.54, 1.807) is 0 Å².